The van der Waals surface area contributed by atoms with Gasteiger partial charge in [-0.3, -0.25) is 4.90 Å². The Bertz CT molecular complexity index is 247. The molecule has 0 aromatic carbocycles. The maximum absolute atomic E-state index is 5.32. The van der Waals surface area contributed by atoms with E-state index in [0.29, 0.717) is 6.10 Å². The van der Waals surface area contributed by atoms with Gasteiger partial charge in [-0.2, -0.15) is 0 Å². The molecule has 0 amide bonds. The van der Waals surface area contributed by atoms with Gasteiger partial charge in [0.1, 0.15) is 0 Å². The number of thiophene rings is 1. The van der Waals surface area contributed by atoms with E-state index in [4.69, 9.17) is 4.74 Å². The number of hydrogen-bond donors (Lipinski definition) is 0. The van der Waals surface area contributed by atoms with Crippen LogP contribution in [0.3, 0.4) is 0 Å². The fraction of sp³-hybridized carbons (Fsp3) is 0.600. The first kappa shape index (κ1) is 9.19. The van der Waals surface area contributed by atoms with Gasteiger partial charge < -0.3 is 4.74 Å². The Balaban J connectivity index is 1.84. The zero-order chi connectivity index (χ0) is 9.10. The molecule has 0 radical (unpaired) electrons. The van der Waals surface area contributed by atoms with Crippen molar-refractivity contribution in [2.24, 2.45) is 0 Å². The molecule has 13 heavy (non-hydrogen) atoms. The monoisotopic (exact) mass is 197 g/mol. The third kappa shape index (κ3) is 2.30. The van der Waals surface area contributed by atoms with Gasteiger partial charge in [-0.1, -0.05) is 6.07 Å². The molecule has 1 fully saturated rings. The van der Waals surface area contributed by atoms with Gasteiger partial charge in [-0.05, 0) is 17.9 Å². The Labute approximate surface area is 83.1 Å². The molecule has 1 atom stereocenters. The van der Waals surface area contributed by atoms with Gasteiger partial charge in [0, 0.05) is 31.6 Å². The van der Waals surface area contributed by atoms with Crippen LogP contribution in [-0.4, -0.2) is 31.2 Å². The summed E-state index contributed by atoms with van der Waals surface area (Å²) in [6, 6.07) is 4.31. The van der Waals surface area contributed by atoms with Crippen LogP contribution in [0, 0.1) is 0 Å². The van der Waals surface area contributed by atoms with E-state index in [1.54, 1.807) is 7.11 Å². The molecule has 0 aliphatic carbocycles. The number of methoxy groups -OCH3 is 1. The summed E-state index contributed by atoms with van der Waals surface area (Å²) in [6.45, 7) is 3.36. The highest BCUT2D eigenvalue weighted by molar-refractivity contribution is 7.09. The normalized spacial score (nSPS) is 23.9. The van der Waals surface area contributed by atoms with Crippen molar-refractivity contribution < 1.29 is 4.74 Å². The first-order valence-corrected chi connectivity index (χ1v) is 5.54. The summed E-state index contributed by atoms with van der Waals surface area (Å²) in [5, 5.41) is 2.14. The number of ether oxygens (including phenoxy) is 1. The SMILES string of the molecule is CO[C@H]1CCN(Cc2cccs2)C1. The van der Waals surface area contributed by atoms with Crippen LogP contribution in [0.4, 0.5) is 0 Å². The second-order valence-electron chi connectivity index (χ2n) is 3.46. The van der Waals surface area contributed by atoms with Crippen molar-refractivity contribution in [2.45, 2.75) is 19.1 Å². The van der Waals surface area contributed by atoms with E-state index in [2.05, 4.69) is 22.4 Å². The minimum Gasteiger partial charge on any atom is -0.380 e. The molecule has 2 nitrogen and oxygen atoms in total. The van der Waals surface area contributed by atoms with Crippen molar-refractivity contribution in [2.75, 3.05) is 20.2 Å². The topological polar surface area (TPSA) is 12.5 Å². The first-order chi connectivity index (χ1) is 6.38. The smallest absolute Gasteiger partial charge is 0.0710 e. The van der Waals surface area contributed by atoms with Gasteiger partial charge in [0.2, 0.25) is 0 Å². The molecular weight excluding hydrogens is 182 g/mol. The van der Waals surface area contributed by atoms with Gasteiger partial charge in [0.25, 0.3) is 0 Å². The summed E-state index contributed by atoms with van der Waals surface area (Å²) in [5.41, 5.74) is 0. The molecule has 0 N–H and O–H groups in total. The molecule has 1 aromatic rings. The molecule has 0 unspecified atom stereocenters. The Morgan fingerprint density at radius 2 is 2.62 bits per heavy atom. The average molecular weight is 197 g/mol. The van der Waals surface area contributed by atoms with Crippen molar-refractivity contribution in [3.8, 4) is 0 Å². The van der Waals surface area contributed by atoms with Gasteiger partial charge in [0.05, 0.1) is 6.10 Å². The van der Waals surface area contributed by atoms with Crippen LogP contribution in [0.5, 0.6) is 0 Å². The van der Waals surface area contributed by atoms with E-state index in [-0.39, 0.29) is 0 Å². The molecule has 1 aliphatic heterocycles. The fourth-order valence-corrected chi connectivity index (χ4v) is 2.50. The molecule has 1 aromatic heterocycles. The predicted octanol–water partition coefficient (Wildman–Crippen LogP) is 1.97. The minimum absolute atomic E-state index is 0.458. The summed E-state index contributed by atoms with van der Waals surface area (Å²) in [6.07, 6.45) is 1.64. The molecule has 1 aliphatic rings. The van der Waals surface area contributed by atoms with Crippen molar-refractivity contribution in [3.05, 3.63) is 22.4 Å². The minimum atomic E-state index is 0.458. The van der Waals surface area contributed by atoms with Crippen molar-refractivity contribution in [3.63, 3.8) is 0 Å². The van der Waals surface area contributed by atoms with Gasteiger partial charge in [0.15, 0.2) is 0 Å². The highest BCUT2D eigenvalue weighted by Crippen LogP contribution is 2.17. The lowest BCUT2D eigenvalue weighted by atomic mass is 10.3. The summed E-state index contributed by atoms with van der Waals surface area (Å²) >= 11 is 1.84. The Morgan fingerprint density at radius 3 is 3.23 bits per heavy atom. The lowest BCUT2D eigenvalue weighted by Gasteiger charge is -2.13. The second kappa shape index (κ2) is 4.22. The third-order valence-corrected chi connectivity index (χ3v) is 3.38. The fourth-order valence-electron chi connectivity index (χ4n) is 1.76. The number of nitrogens with zero attached hydrogens (tertiary/aromatic N) is 1. The van der Waals surface area contributed by atoms with Crippen LogP contribution < -0.4 is 0 Å². The standard InChI is InChI=1S/C10H15NOS/c1-12-9-4-5-11(7-9)8-10-3-2-6-13-10/h2-3,6,9H,4-5,7-8H2,1H3/t9-/m0/s1. The molecule has 0 bridgehead atoms. The molecule has 0 saturated carbocycles. The van der Waals surface area contributed by atoms with E-state index in [1.165, 1.54) is 17.8 Å². The maximum atomic E-state index is 5.32. The Hall–Kier alpha value is -0.380. The number of hydrogen-bond acceptors (Lipinski definition) is 3. The number of rotatable bonds is 3. The van der Waals surface area contributed by atoms with Crippen molar-refractivity contribution >= 4 is 11.3 Å². The van der Waals surface area contributed by atoms with E-state index in [9.17, 15) is 0 Å². The van der Waals surface area contributed by atoms with Crippen molar-refractivity contribution in [1.82, 2.24) is 4.90 Å². The molecule has 3 heteroatoms. The van der Waals surface area contributed by atoms with Crippen LogP contribution in [-0.2, 0) is 11.3 Å². The lowest BCUT2D eigenvalue weighted by Crippen LogP contribution is -2.21. The van der Waals surface area contributed by atoms with Gasteiger partial charge >= 0.3 is 0 Å². The first-order valence-electron chi connectivity index (χ1n) is 4.66. The van der Waals surface area contributed by atoms with E-state index in [1.807, 2.05) is 11.3 Å². The van der Waals surface area contributed by atoms with Gasteiger partial charge in [-0.15, -0.1) is 11.3 Å². The van der Waals surface area contributed by atoms with Crippen molar-refractivity contribution in [1.29, 1.82) is 0 Å². The number of likely N-dealkylation sites (tertiary alicyclic amines) is 1. The Morgan fingerprint density at radius 1 is 1.69 bits per heavy atom. The molecular formula is C10H15NOS. The largest absolute Gasteiger partial charge is 0.380 e. The average Bonchev–Trinajstić information content (AvgIpc) is 2.76. The molecule has 2 heterocycles. The zero-order valence-corrected chi connectivity index (χ0v) is 8.72. The van der Waals surface area contributed by atoms with Crippen LogP contribution >= 0.6 is 11.3 Å². The highest BCUT2D eigenvalue weighted by Gasteiger charge is 2.21. The second-order valence-corrected chi connectivity index (χ2v) is 4.49. The summed E-state index contributed by atoms with van der Waals surface area (Å²) in [7, 11) is 1.80. The maximum Gasteiger partial charge on any atom is 0.0710 e. The quantitative estimate of drug-likeness (QED) is 0.734. The van der Waals surface area contributed by atoms with Crippen LogP contribution in [0.2, 0.25) is 0 Å². The summed E-state index contributed by atoms with van der Waals surface area (Å²) in [4.78, 5) is 3.91. The van der Waals surface area contributed by atoms with E-state index in [0.717, 1.165) is 13.1 Å². The molecule has 0 spiro atoms. The van der Waals surface area contributed by atoms with Gasteiger partial charge in [-0.25, -0.2) is 0 Å². The summed E-state index contributed by atoms with van der Waals surface area (Å²) in [5.74, 6) is 0. The molecule has 1 saturated heterocycles. The Kier molecular flexibility index (Phi) is 2.98. The molecule has 72 valence electrons. The van der Waals surface area contributed by atoms with Crippen LogP contribution in [0.25, 0.3) is 0 Å². The predicted molar refractivity (Wildman–Crippen MR) is 55.0 cm³/mol. The highest BCUT2D eigenvalue weighted by atomic mass is 32.1. The van der Waals surface area contributed by atoms with E-state index >= 15 is 0 Å². The lowest BCUT2D eigenvalue weighted by molar-refractivity contribution is 0.107. The van der Waals surface area contributed by atoms with Crippen LogP contribution in [0.1, 0.15) is 11.3 Å². The molecule has 2 rings (SSSR count). The summed E-state index contributed by atoms with van der Waals surface area (Å²) < 4.78 is 5.32. The van der Waals surface area contributed by atoms with Crippen LogP contribution in [0.15, 0.2) is 17.5 Å². The zero-order valence-electron chi connectivity index (χ0n) is 7.90. The van der Waals surface area contributed by atoms with E-state index < -0.39 is 0 Å². The third-order valence-electron chi connectivity index (χ3n) is 2.52.